The van der Waals surface area contributed by atoms with Gasteiger partial charge in [0.05, 0.1) is 10.6 Å². The van der Waals surface area contributed by atoms with Crippen molar-refractivity contribution in [3.63, 3.8) is 0 Å². The van der Waals surface area contributed by atoms with Crippen LogP contribution in [0.5, 0.6) is 0 Å². The lowest BCUT2D eigenvalue weighted by atomic mass is 10.1. The molecule has 3 aromatic carbocycles. The Hall–Kier alpha value is -3.42. The van der Waals surface area contributed by atoms with E-state index in [-0.39, 0.29) is 26.1 Å². The number of carbonyl (C=O) groups is 1. The van der Waals surface area contributed by atoms with E-state index in [1.165, 1.54) is 0 Å². The molecule has 0 unspecified atom stereocenters. The zero-order chi connectivity index (χ0) is 23.8. The number of anilines is 3. The van der Waals surface area contributed by atoms with Crippen LogP contribution in [0.3, 0.4) is 0 Å². The van der Waals surface area contributed by atoms with Crippen LogP contribution in [0, 0.1) is 20.8 Å². The summed E-state index contributed by atoms with van der Waals surface area (Å²) in [7, 11) is -3.98. The van der Waals surface area contributed by atoms with Gasteiger partial charge in [0.2, 0.25) is 15.6 Å². The SMILES string of the molecule is Cc1ccc(Nc2sc(C(=O)c3ccc(C)cc3)c(N)c2S(=O)(=O)c2ccc(C)cc2)cc1. The molecule has 0 radical (unpaired) electrons. The van der Waals surface area contributed by atoms with E-state index in [0.29, 0.717) is 16.3 Å². The van der Waals surface area contributed by atoms with E-state index in [0.717, 1.165) is 28.0 Å². The lowest BCUT2D eigenvalue weighted by molar-refractivity contribution is 0.104. The van der Waals surface area contributed by atoms with Gasteiger partial charge in [-0.15, -0.1) is 11.3 Å². The van der Waals surface area contributed by atoms with Crippen molar-refractivity contribution in [3.05, 3.63) is 99.9 Å². The molecular weight excluding hydrogens is 452 g/mol. The Kier molecular flexibility index (Phi) is 6.10. The van der Waals surface area contributed by atoms with E-state index < -0.39 is 9.84 Å². The van der Waals surface area contributed by atoms with Crippen molar-refractivity contribution in [2.24, 2.45) is 0 Å². The van der Waals surface area contributed by atoms with Gasteiger partial charge in [0.1, 0.15) is 14.8 Å². The molecule has 5 nitrogen and oxygen atoms in total. The third-order valence-electron chi connectivity index (χ3n) is 5.33. The summed E-state index contributed by atoms with van der Waals surface area (Å²) in [5.41, 5.74) is 10.5. The number of benzene rings is 3. The average molecular weight is 477 g/mol. The van der Waals surface area contributed by atoms with Gasteiger partial charge in [0.15, 0.2) is 0 Å². The fourth-order valence-electron chi connectivity index (χ4n) is 3.39. The monoisotopic (exact) mass is 476 g/mol. The Labute approximate surface area is 197 Å². The van der Waals surface area contributed by atoms with Crippen LogP contribution >= 0.6 is 11.3 Å². The standard InChI is InChI=1S/C26H24N2O3S2/c1-16-4-10-19(11-5-16)23(29)24-22(27)25(33(30,31)21-14-8-18(3)9-15-21)26(32-24)28-20-12-6-17(2)7-13-20/h4-15,28H,27H2,1-3H3. The first kappa shape index (κ1) is 22.8. The third kappa shape index (κ3) is 4.55. The fourth-order valence-corrected chi connectivity index (χ4v) is 6.32. The van der Waals surface area contributed by atoms with Crippen LogP contribution in [0.25, 0.3) is 0 Å². The van der Waals surface area contributed by atoms with Gasteiger partial charge in [-0.1, -0.05) is 65.2 Å². The van der Waals surface area contributed by atoms with Gasteiger partial charge in [-0.25, -0.2) is 8.42 Å². The van der Waals surface area contributed by atoms with Crippen LogP contribution < -0.4 is 11.1 Å². The van der Waals surface area contributed by atoms with E-state index in [2.05, 4.69) is 5.32 Å². The highest BCUT2D eigenvalue weighted by atomic mass is 32.2. The van der Waals surface area contributed by atoms with Gasteiger partial charge in [-0.05, 0) is 45.0 Å². The highest BCUT2D eigenvalue weighted by Gasteiger charge is 2.31. The molecule has 33 heavy (non-hydrogen) atoms. The molecule has 0 spiro atoms. The Morgan fingerprint density at radius 1 is 0.788 bits per heavy atom. The molecule has 1 heterocycles. The van der Waals surface area contributed by atoms with Crippen LogP contribution in [0.1, 0.15) is 31.9 Å². The van der Waals surface area contributed by atoms with Crippen LogP contribution in [0.15, 0.2) is 82.6 Å². The summed E-state index contributed by atoms with van der Waals surface area (Å²) in [6.45, 7) is 5.79. The van der Waals surface area contributed by atoms with Crippen molar-refractivity contribution < 1.29 is 13.2 Å². The number of hydrogen-bond donors (Lipinski definition) is 2. The highest BCUT2D eigenvalue weighted by Crippen LogP contribution is 2.44. The number of carbonyl (C=O) groups excluding carboxylic acids is 1. The molecule has 7 heteroatoms. The molecule has 4 rings (SSSR count). The molecule has 0 saturated heterocycles. The lowest BCUT2D eigenvalue weighted by Gasteiger charge is -2.10. The van der Waals surface area contributed by atoms with Crippen molar-refractivity contribution in [1.29, 1.82) is 0 Å². The second-order valence-corrected chi connectivity index (χ2v) is 10.9. The van der Waals surface area contributed by atoms with Crippen molar-refractivity contribution in [2.45, 2.75) is 30.6 Å². The number of nitrogens with one attached hydrogen (secondary N) is 1. The van der Waals surface area contributed by atoms with E-state index in [9.17, 15) is 13.2 Å². The molecule has 0 aliphatic rings. The van der Waals surface area contributed by atoms with Crippen molar-refractivity contribution in [2.75, 3.05) is 11.1 Å². The number of nitrogens with two attached hydrogens (primary N) is 1. The molecule has 0 amide bonds. The predicted molar refractivity (Wildman–Crippen MR) is 134 cm³/mol. The van der Waals surface area contributed by atoms with Gasteiger partial charge in [0, 0.05) is 11.3 Å². The normalized spacial score (nSPS) is 11.4. The number of ketones is 1. The molecule has 0 fully saturated rings. The quantitative estimate of drug-likeness (QED) is 0.330. The van der Waals surface area contributed by atoms with E-state index in [1.807, 2.05) is 57.2 Å². The Balaban J connectivity index is 1.87. The van der Waals surface area contributed by atoms with E-state index in [1.54, 1.807) is 36.4 Å². The summed E-state index contributed by atoms with van der Waals surface area (Å²) in [6.07, 6.45) is 0. The molecule has 0 bridgehead atoms. The minimum atomic E-state index is -3.98. The first-order valence-electron chi connectivity index (χ1n) is 10.4. The Morgan fingerprint density at radius 3 is 1.82 bits per heavy atom. The third-order valence-corrected chi connectivity index (χ3v) is 8.43. The topological polar surface area (TPSA) is 89.3 Å². The number of hydrogen-bond acceptors (Lipinski definition) is 6. The molecule has 3 N–H and O–H groups in total. The first-order chi connectivity index (χ1) is 15.7. The lowest BCUT2D eigenvalue weighted by Crippen LogP contribution is -2.08. The minimum Gasteiger partial charge on any atom is -0.396 e. The minimum absolute atomic E-state index is 0.0410. The smallest absolute Gasteiger partial charge is 0.211 e. The average Bonchev–Trinajstić information content (AvgIpc) is 3.12. The second-order valence-electron chi connectivity index (χ2n) is 8.01. The summed E-state index contributed by atoms with van der Waals surface area (Å²) in [5.74, 6) is -0.310. The Morgan fingerprint density at radius 2 is 1.27 bits per heavy atom. The van der Waals surface area contributed by atoms with Gasteiger partial charge < -0.3 is 11.1 Å². The number of aryl methyl sites for hydroxylation is 3. The van der Waals surface area contributed by atoms with Crippen LogP contribution in [-0.4, -0.2) is 14.2 Å². The zero-order valence-corrected chi connectivity index (χ0v) is 20.2. The van der Waals surface area contributed by atoms with Gasteiger partial charge in [-0.2, -0.15) is 0 Å². The largest absolute Gasteiger partial charge is 0.396 e. The fraction of sp³-hybridized carbons (Fsp3) is 0.115. The van der Waals surface area contributed by atoms with Gasteiger partial charge in [0.25, 0.3) is 0 Å². The van der Waals surface area contributed by atoms with E-state index in [4.69, 9.17) is 5.73 Å². The number of thiophene rings is 1. The molecule has 0 aliphatic heterocycles. The molecule has 4 aromatic rings. The predicted octanol–water partition coefficient (Wildman–Crippen LogP) is 6.06. The van der Waals surface area contributed by atoms with Crippen molar-refractivity contribution in [3.8, 4) is 0 Å². The highest BCUT2D eigenvalue weighted by molar-refractivity contribution is 7.92. The maximum atomic E-state index is 13.6. The zero-order valence-electron chi connectivity index (χ0n) is 18.5. The summed E-state index contributed by atoms with van der Waals surface area (Å²) in [6, 6.07) is 21.3. The Bertz CT molecular complexity index is 1420. The maximum Gasteiger partial charge on any atom is 0.211 e. The molecule has 168 valence electrons. The van der Waals surface area contributed by atoms with E-state index >= 15 is 0 Å². The summed E-state index contributed by atoms with van der Waals surface area (Å²) in [4.78, 5) is 13.5. The first-order valence-corrected chi connectivity index (χ1v) is 12.7. The second kappa shape index (κ2) is 8.84. The molecule has 0 atom stereocenters. The summed E-state index contributed by atoms with van der Waals surface area (Å²) < 4.78 is 27.2. The summed E-state index contributed by atoms with van der Waals surface area (Å²) in [5, 5.41) is 3.48. The maximum absolute atomic E-state index is 13.6. The van der Waals surface area contributed by atoms with Crippen LogP contribution in [0.4, 0.5) is 16.4 Å². The van der Waals surface area contributed by atoms with Crippen molar-refractivity contribution in [1.82, 2.24) is 0 Å². The van der Waals surface area contributed by atoms with Crippen molar-refractivity contribution >= 4 is 43.3 Å². The number of rotatable bonds is 6. The molecule has 0 saturated carbocycles. The molecule has 0 aliphatic carbocycles. The molecular formula is C26H24N2O3S2. The van der Waals surface area contributed by atoms with Gasteiger partial charge in [-0.3, -0.25) is 4.79 Å². The van der Waals surface area contributed by atoms with Gasteiger partial charge >= 0.3 is 0 Å². The number of sulfone groups is 1. The number of nitrogen functional groups attached to an aromatic ring is 1. The van der Waals surface area contributed by atoms with Crippen LogP contribution in [-0.2, 0) is 9.84 Å². The molecule has 1 aromatic heterocycles. The summed E-state index contributed by atoms with van der Waals surface area (Å²) >= 11 is 1.05. The van der Waals surface area contributed by atoms with Crippen LogP contribution in [0.2, 0.25) is 0 Å².